The molecule has 1 fully saturated rings. The molecule has 1 amide bonds. The zero-order chi connectivity index (χ0) is 20.4. The van der Waals surface area contributed by atoms with Crippen LogP contribution >= 0.6 is 27.3 Å². The lowest BCUT2D eigenvalue weighted by Crippen LogP contribution is -2.48. The Morgan fingerprint density at radius 2 is 2.03 bits per heavy atom. The summed E-state index contributed by atoms with van der Waals surface area (Å²) in [7, 11) is 1.67. The Bertz CT molecular complexity index is 1010. The van der Waals surface area contributed by atoms with Gasteiger partial charge in [-0.1, -0.05) is 15.9 Å². The second-order valence-corrected chi connectivity index (χ2v) is 8.74. The largest absolute Gasteiger partial charge is 0.496 e. The van der Waals surface area contributed by atoms with Crippen molar-refractivity contribution in [2.75, 3.05) is 33.3 Å². The molecule has 2 aromatic heterocycles. The van der Waals surface area contributed by atoms with Crippen molar-refractivity contribution in [3.63, 3.8) is 0 Å². The lowest BCUT2D eigenvalue weighted by molar-refractivity contribution is 0.0595. The van der Waals surface area contributed by atoms with Gasteiger partial charge in [0, 0.05) is 42.6 Å². The van der Waals surface area contributed by atoms with Gasteiger partial charge in [-0.3, -0.25) is 9.69 Å². The van der Waals surface area contributed by atoms with Gasteiger partial charge in [-0.25, -0.2) is 4.98 Å². The first-order chi connectivity index (χ1) is 14.0. The van der Waals surface area contributed by atoms with E-state index >= 15 is 0 Å². The van der Waals surface area contributed by atoms with Gasteiger partial charge in [0.1, 0.15) is 16.5 Å². The highest BCUT2D eigenvalue weighted by Crippen LogP contribution is 2.34. The number of rotatable bonds is 5. The average Bonchev–Trinajstić information content (AvgIpc) is 3.37. The van der Waals surface area contributed by atoms with E-state index in [9.17, 15) is 4.79 Å². The summed E-state index contributed by atoms with van der Waals surface area (Å²) in [6.07, 6.45) is 0. The SMILES string of the molecule is COc1ccc(Br)cc1-c1nc(CN2CCN(C(=O)c3ccc(C)o3)CC2)cs1. The van der Waals surface area contributed by atoms with Crippen LogP contribution < -0.4 is 4.74 Å². The van der Waals surface area contributed by atoms with Crippen LogP contribution in [0.2, 0.25) is 0 Å². The van der Waals surface area contributed by atoms with Crippen LogP contribution in [0.1, 0.15) is 22.0 Å². The minimum atomic E-state index is -0.0320. The van der Waals surface area contributed by atoms with Gasteiger partial charge >= 0.3 is 0 Å². The number of hydrogen-bond donors (Lipinski definition) is 0. The lowest BCUT2D eigenvalue weighted by atomic mass is 10.2. The number of nitrogens with zero attached hydrogens (tertiary/aromatic N) is 3. The monoisotopic (exact) mass is 475 g/mol. The molecule has 0 N–H and O–H groups in total. The van der Waals surface area contributed by atoms with Crippen LogP contribution in [0, 0.1) is 6.92 Å². The molecule has 29 heavy (non-hydrogen) atoms. The zero-order valence-corrected chi connectivity index (χ0v) is 18.8. The predicted octanol–water partition coefficient (Wildman–Crippen LogP) is 4.44. The van der Waals surface area contributed by atoms with Crippen LogP contribution in [0.5, 0.6) is 5.75 Å². The second kappa shape index (κ2) is 8.69. The van der Waals surface area contributed by atoms with Gasteiger partial charge in [0.25, 0.3) is 5.91 Å². The fraction of sp³-hybridized carbons (Fsp3) is 0.333. The number of aromatic nitrogens is 1. The van der Waals surface area contributed by atoms with Crippen LogP contribution in [-0.2, 0) is 6.54 Å². The number of benzene rings is 1. The fourth-order valence-electron chi connectivity index (χ4n) is 3.39. The molecule has 152 valence electrons. The third kappa shape index (κ3) is 4.55. The van der Waals surface area contributed by atoms with E-state index in [1.807, 2.05) is 36.1 Å². The predicted molar refractivity (Wildman–Crippen MR) is 116 cm³/mol. The topological polar surface area (TPSA) is 58.8 Å². The summed E-state index contributed by atoms with van der Waals surface area (Å²) in [5.41, 5.74) is 2.02. The highest BCUT2D eigenvalue weighted by atomic mass is 79.9. The molecule has 0 spiro atoms. The molecule has 1 saturated heterocycles. The number of carbonyl (C=O) groups is 1. The molecule has 8 heteroatoms. The number of thiazole rings is 1. The molecule has 0 radical (unpaired) electrons. The molecule has 3 aromatic rings. The van der Waals surface area contributed by atoms with Crippen molar-refractivity contribution < 1.29 is 13.9 Å². The van der Waals surface area contributed by atoms with Crippen molar-refractivity contribution >= 4 is 33.2 Å². The number of furan rings is 1. The molecule has 4 rings (SSSR count). The van der Waals surface area contributed by atoms with Crippen molar-refractivity contribution in [3.8, 4) is 16.3 Å². The number of ether oxygens (including phenoxy) is 1. The summed E-state index contributed by atoms with van der Waals surface area (Å²) in [4.78, 5) is 21.5. The number of aryl methyl sites for hydroxylation is 1. The van der Waals surface area contributed by atoms with Gasteiger partial charge in [0.15, 0.2) is 5.76 Å². The summed E-state index contributed by atoms with van der Waals surface area (Å²) in [5.74, 6) is 1.96. The summed E-state index contributed by atoms with van der Waals surface area (Å²) in [6, 6.07) is 9.50. The maximum absolute atomic E-state index is 12.5. The first-order valence-corrected chi connectivity index (χ1v) is 11.1. The third-order valence-electron chi connectivity index (χ3n) is 4.94. The number of piperazine rings is 1. The minimum Gasteiger partial charge on any atom is -0.496 e. The number of halogens is 1. The van der Waals surface area contributed by atoms with E-state index in [1.165, 1.54) is 0 Å². The molecule has 3 heterocycles. The van der Waals surface area contributed by atoms with E-state index in [-0.39, 0.29) is 5.91 Å². The molecule has 0 aliphatic carbocycles. The standard InChI is InChI=1S/C21H22BrN3O3S/c1-14-3-5-19(28-14)21(26)25-9-7-24(8-10-25)12-16-13-29-20(23-16)17-11-15(22)4-6-18(17)27-2/h3-6,11,13H,7-10,12H2,1-2H3. The molecule has 6 nitrogen and oxygen atoms in total. The molecule has 0 atom stereocenters. The van der Waals surface area contributed by atoms with Crippen molar-refractivity contribution in [2.45, 2.75) is 13.5 Å². The molecule has 1 aliphatic heterocycles. The molecule has 0 unspecified atom stereocenters. The van der Waals surface area contributed by atoms with Crippen molar-refractivity contribution in [1.29, 1.82) is 0 Å². The Morgan fingerprint density at radius 1 is 1.24 bits per heavy atom. The minimum absolute atomic E-state index is 0.0320. The molecule has 1 aromatic carbocycles. The van der Waals surface area contributed by atoms with Crippen molar-refractivity contribution in [1.82, 2.24) is 14.8 Å². The van der Waals surface area contributed by atoms with Crippen LogP contribution in [0.4, 0.5) is 0 Å². The van der Waals surface area contributed by atoms with E-state index in [4.69, 9.17) is 14.1 Å². The van der Waals surface area contributed by atoms with E-state index in [1.54, 1.807) is 24.5 Å². The number of carbonyl (C=O) groups excluding carboxylic acids is 1. The maximum atomic E-state index is 12.5. The van der Waals surface area contributed by atoms with E-state index in [0.717, 1.165) is 51.9 Å². The fourth-order valence-corrected chi connectivity index (χ4v) is 4.59. The highest BCUT2D eigenvalue weighted by molar-refractivity contribution is 9.10. The summed E-state index contributed by atoms with van der Waals surface area (Å²) < 4.78 is 11.9. The first kappa shape index (κ1) is 20.1. The smallest absolute Gasteiger partial charge is 0.289 e. The normalized spacial score (nSPS) is 14.9. The Hall–Kier alpha value is -2.16. The Balaban J connectivity index is 1.37. The van der Waals surface area contributed by atoms with Gasteiger partial charge in [0.05, 0.1) is 18.4 Å². The number of amides is 1. The zero-order valence-electron chi connectivity index (χ0n) is 16.4. The van der Waals surface area contributed by atoms with Gasteiger partial charge < -0.3 is 14.1 Å². The summed E-state index contributed by atoms with van der Waals surface area (Å²) in [5, 5.41) is 3.04. The Morgan fingerprint density at radius 3 is 2.72 bits per heavy atom. The second-order valence-electron chi connectivity index (χ2n) is 6.97. The summed E-state index contributed by atoms with van der Waals surface area (Å²) >= 11 is 5.14. The molecular formula is C21H22BrN3O3S. The van der Waals surface area contributed by atoms with Crippen molar-refractivity contribution in [2.24, 2.45) is 0 Å². The molecular weight excluding hydrogens is 454 g/mol. The molecule has 1 aliphatic rings. The lowest BCUT2D eigenvalue weighted by Gasteiger charge is -2.33. The third-order valence-corrected chi connectivity index (χ3v) is 6.36. The first-order valence-electron chi connectivity index (χ1n) is 9.40. The van der Waals surface area contributed by atoms with Crippen LogP contribution in [0.3, 0.4) is 0 Å². The number of methoxy groups -OCH3 is 1. The van der Waals surface area contributed by atoms with Crippen molar-refractivity contribution in [3.05, 3.63) is 57.4 Å². The van der Waals surface area contributed by atoms with E-state index in [0.29, 0.717) is 18.8 Å². The highest BCUT2D eigenvalue weighted by Gasteiger charge is 2.24. The van der Waals surface area contributed by atoms with Crippen LogP contribution in [0.15, 0.2) is 44.6 Å². The van der Waals surface area contributed by atoms with E-state index in [2.05, 4.69) is 26.2 Å². The number of hydrogen-bond acceptors (Lipinski definition) is 6. The maximum Gasteiger partial charge on any atom is 0.289 e. The van der Waals surface area contributed by atoms with Gasteiger partial charge in [0.2, 0.25) is 0 Å². The molecule has 0 saturated carbocycles. The van der Waals surface area contributed by atoms with E-state index < -0.39 is 0 Å². The van der Waals surface area contributed by atoms with Gasteiger partial charge in [-0.15, -0.1) is 11.3 Å². The summed E-state index contributed by atoms with van der Waals surface area (Å²) in [6.45, 7) is 5.64. The van der Waals surface area contributed by atoms with Crippen LogP contribution in [-0.4, -0.2) is 54.0 Å². The van der Waals surface area contributed by atoms with Gasteiger partial charge in [-0.2, -0.15) is 0 Å². The van der Waals surface area contributed by atoms with Gasteiger partial charge in [-0.05, 0) is 37.3 Å². The molecule has 0 bridgehead atoms. The quantitative estimate of drug-likeness (QED) is 0.545. The van der Waals surface area contributed by atoms with Crippen LogP contribution in [0.25, 0.3) is 10.6 Å². The Kier molecular flexibility index (Phi) is 6.03. The average molecular weight is 476 g/mol. The Labute approximate surface area is 182 Å².